The Balaban J connectivity index is 0. The van der Waals surface area contributed by atoms with E-state index in [-0.39, 0.29) is 0 Å². The predicted octanol–water partition coefficient (Wildman–Crippen LogP) is 4.36. The van der Waals surface area contributed by atoms with Crippen LogP contribution in [0.25, 0.3) is 0 Å². The molecule has 0 atom stereocenters. The van der Waals surface area contributed by atoms with Crippen LogP contribution in [0.2, 0.25) is 0 Å². The molecule has 0 aliphatic carbocycles. The summed E-state index contributed by atoms with van der Waals surface area (Å²) in [5, 5.41) is 11.9. The number of hydrogen-bond acceptors (Lipinski definition) is 6. The number of halogens is 2. The van der Waals surface area contributed by atoms with Gasteiger partial charge in [0.05, 0.1) is 0 Å². The Bertz CT molecular complexity index is 330. The van der Waals surface area contributed by atoms with Crippen molar-refractivity contribution in [2.75, 3.05) is 13.1 Å². The fourth-order valence-electron chi connectivity index (χ4n) is 1.03. The van der Waals surface area contributed by atoms with Crippen LogP contribution in [0.4, 0.5) is 0 Å². The molecule has 20 heavy (non-hydrogen) atoms. The van der Waals surface area contributed by atoms with E-state index in [1.54, 1.807) is 13.8 Å². The standard InChI is InChI=1S/C11H20N4O2.2HI.Rh/c1-8(10(3)14-16)12-6-5-7-13-9(2)11(4)15-17;;;/h12-13H,5-7H2,1-4H3;2*1H;/q;;;+2/p-2. The van der Waals surface area contributed by atoms with Crippen molar-refractivity contribution in [2.24, 2.45) is 10.4 Å². The molecule has 0 radical (unpaired) electrons. The molecule has 0 aromatic heterocycles. The molecule has 0 heterocycles. The van der Waals surface area contributed by atoms with Gasteiger partial charge in [0.25, 0.3) is 0 Å². The zero-order chi connectivity index (χ0) is 16.0. The van der Waals surface area contributed by atoms with Gasteiger partial charge in [-0.3, -0.25) is 0 Å². The summed E-state index contributed by atoms with van der Waals surface area (Å²) in [5.74, 6) is 0. The molecule has 0 saturated carbocycles. The van der Waals surface area contributed by atoms with Crippen LogP contribution < -0.4 is 10.6 Å². The molecule has 0 fully saturated rings. The molecule has 6 nitrogen and oxygen atoms in total. The second-order valence-electron chi connectivity index (χ2n) is 3.86. The minimum absolute atomic E-state index is 0.468. The molecular weight excluding hydrogens is 577 g/mol. The molecule has 0 aliphatic heterocycles. The first-order valence-corrected chi connectivity index (χ1v) is 15.5. The van der Waals surface area contributed by atoms with Gasteiger partial charge in [-0.15, -0.1) is 9.81 Å². The second kappa shape index (κ2) is 15.7. The van der Waals surface area contributed by atoms with Gasteiger partial charge in [0.2, 0.25) is 0 Å². The molecule has 0 amide bonds. The van der Waals surface area contributed by atoms with E-state index in [0.29, 0.717) is 11.4 Å². The molecule has 0 unspecified atom stereocenters. The minimum atomic E-state index is 0.468. The molecule has 0 aromatic rings. The number of nitrogens with one attached hydrogen (secondary N) is 2. The fourth-order valence-corrected chi connectivity index (χ4v) is 1.03. The monoisotopic (exact) mass is 597 g/mol. The van der Waals surface area contributed by atoms with Crippen molar-refractivity contribution < 1.29 is 10.1 Å². The number of hydrogen-bond donors (Lipinski definition) is 2. The summed E-state index contributed by atoms with van der Waals surface area (Å²) in [7, 11) is 0.770. The third-order valence-electron chi connectivity index (χ3n) is 2.49. The number of nitrogens with zero attached hydrogens (tertiary/aromatic N) is 2. The Morgan fingerprint density at radius 1 is 0.900 bits per heavy atom. The van der Waals surface area contributed by atoms with Gasteiger partial charge in [-0.2, -0.15) is 0 Å². The summed E-state index contributed by atoms with van der Waals surface area (Å²) in [4.78, 5) is 20.5. The Hall–Kier alpha value is 0.363. The Labute approximate surface area is 149 Å². The molecule has 0 rings (SSSR count). The summed E-state index contributed by atoms with van der Waals surface area (Å²) in [6.45, 7) is 8.45. The predicted molar refractivity (Wildman–Crippen MR) is 97.0 cm³/mol. The van der Waals surface area contributed by atoms with Gasteiger partial charge in [-0.25, -0.2) is 0 Å². The van der Waals surface area contributed by atoms with Crippen molar-refractivity contribution in [3.8, 4) is 0 Å². The van der Waals surface area contributed by atoms with E-state index in [0.717, 1.165) is 41.0 Å². The Kier molecular flexibility index (Phi) is 17.8. The number of nitroso groups, excluding NO2 is 2. The molecule has 0 bridgehead atoms. The zero-order valence-corrected chi connectivity index (χ0v) is 17.9. The Morgan fingerprint density at radius 2 is 1.20 bits per heavy atom. The maximum atomic E-state index is 10.2. The normalized spacial score (nSPS) is 12.5. The van der Waals surface area contributed by atoms with E-state index in [1.807, 2.05) is 13.8 Å². The van der Waals surface area contributed by atoms with Crippen molar-refractivity contribution in [3.05, 3.63) is 32.6 Å². The third kappa shape index (κ3) is 13.4. The van der Waals surface area contributed by atoms with Crippen LogP contribution in [0.3, 0.4) is 0 Å². The quantitative estimate of drug-likeness (QED) is 0.189. The summed E-state index contributed by atoms with van der Waals surface area (Å²) in [6, 6.07) is 0. The van der Waals surface area contributed by atoms with Gasteiger partial charge >= 0.3 is 49.6 Å². The van der Waals surface area contributed by atoms with Crippen molar-refractivity contribution in [3.63, 3.8) is 0 Å². The summed E-state index contributed by atoms with van der Waals surface area (Å²) < 4.78 is 0. The first kappa shape index (κ1) is 22.6. The first-order chi connectivity index (χ1) is 9.44. The van der Waals surface area contributed by atoms with Gasteiger partial charge in [0, 0.05) is 24.5 Å². The zero-order valence-electron chi connectivity index (χ0n) is 11.9. The van der Waals surface area contributed by atoms with Crippen LogP contribution in [0.1, 0.15) is 34.1 Å². The molecule has 0 saturated heterocycles. The molecule has 119 valence electrons. The van der Waals surface area contributed by atoms with Crippen LogP contribution in [-0.2, 0) is 10.1 Å². The second-order valence-corrected chi connectivity index (χ2v) is 16.5. The third-order valence-corrected chi connectivity index (χ3v) is 2.49. The van der Waals surface area contributed by atoms with E-state index in [1.165, 1.54) is 0 Å². The van der Waals surface area contributed by atoms with Crippen LogP contribution in [0.15, 0.2) is 33.1 Å². The molecule has 0 spiro atoms. The van der Waals surface area contributed by atoms with Crippen LogP contribution in [0, 0.1) is 9.81 Å². The van der Waals surface area contributed by atoms with Gasteiger partial charge < -0.3 is 10.6 Å². The van der Waals surface area contributed by atoms with Gasteiger partial charge in [-0.05, 0) is 44.5 Å². The maximum absolute atomic E-state index is 10.2. The van der Waals surface area contributed by atoms with Crippen LogP contribution in [-0.4, -0.2) is 13.1 Å². The number of allylic oxidation sites excluding steroid dienone is 4. The van der Waals surface area contributed by atoms with Gasteiger partial charge in [0.15, 0.2) is 0 Å². The topological polar surface area (TPSA) is 82.9 Å². The SMILES string of the molecule is CC(N=O)=C(C)NCCCNC(C)=C(C)N=O.[I][Rh][I]. The molecule has 0 aliphatic rings. The van der Waals surface area contributed by atoms with Crippen molar-refractivity contribution >= 4 is 39.5 Å². The summed E-state index contributed by atoms with van der Waals surface area (Å²) in [5.41, 5.74) is 2.51. The summed E-state index contributed by atoms with van der Waals surface area (Å²) in [6.07, 6.45) is 0.868. The Morgan fingerprint density at radius 3 is 1.45 bits per heavy atom. The molecule has 0 aromatic carbocycles. The molecular formula is C11H20I2N4O2Rh. The van der Waals surface area contributed by atoms with Crippen molar-refractivity contribution in [1.82, 2.24) is 10.6 Å². The first-order valence-electron chi connectivity index (χ1n) is 5.77. The summed E-state index contributed by atoms with van der Waals surface area (Å²) >= 11 is 4.69. The molecule has 9 heteroatoms. The van der Waals surface area contributed by atoms with Crippen LogP contribution >= 0.6 is 39.5 Å². The fraction of sp³-hybridized carbons (Fsp3) is 0.636. The van der Waals surface area contributed by atoms with E-state index in [2.05, 4.69) is 60.5 Å². The van der Waals surface area contributed by atoms with E-state index < -0.39 is 0 Å². The van der Waals surface area contributed by atoms with Gasteiger partial charge in [0.1, 0.15) is 11.4 Å². The van der Waals surface area contributed by atoms with E-state index >= 15 is 0 Å². The van der Waals surface area contributed by atoms with Crippen molar-refractivity contribution in [2.45, 2.75) is 34.1 Å². The number of rotatable bonds is 8. The average molecular weight is 597 g/mol. The van der Waals surface area contributed by atoms with Crippen molar-refractivity contribution in [1.29, 1.82) is 0 Å². The van der Waals surface area contributed by atoms with Gasteiger partial charge in [-0.1, -0.05) is 0 Å². The van der Waals surface area contributed by atoms with E-state index in [4.69, 9.17) is 0 Å². The van der Waals surface area contributed by atoms with E-state index in [9.17, 15) is 9.81 Å². The average Bonchev–Trinajstić information content (AvgIpc) is 2.45. The van der Waals surface area contributed by atoms with Crippen LogP contribution in [0.5, 0.6) is 0 Å². The molecule has 2 N–H and O–H groups in total.